The van der Waals surface area contributed by atoms with Crippen molar-refractivity contribution in [2.45, 2.75) is 34.9 Å². The maximum atomic E-state index is 13.9. The lowest BCUT2D eigenvalue weighted by atomic mass is 10.00. The maximum Gasteiger partial charge on any atom is 0.352 e. The predicted molar refractivity (Wildman–Crippen MR) is 170 cm³/mol. The molecule has 18 nitrogen and oxygen atoms in total. The smallest absolute Gasteiger partial charge is 0.352 e. The second-order valence-corrected chi connectivity index (χ2v) is 13.5. The van der Waals surface area contributed by atoms with Gasteiger partial charge in [-0.3, -0.25) is 33.8 Å². The van der Waals surface area contributed by atoms with Gasteiger partial charge in [-0.25, -0.2) is 14.3 Å². The number of carboxylic acids is 2. The molecule has 0 bridgehead atoms. The second kappa shape index (κ2) is 14.2. The van der Waals surface area contributed by atoms with E-state index in [1.165, 1.54) is 16.7 Å². The van der Waals surface area contributed by atoms with Crippen LogP contribution in [0, 0.1) is 0 Å². The molecule has 4 heterocycles. The van der Waals surface area contributed by atoms with Gasteiger partial charge in [0.05, 0.1) is 0 Å². The summed E-state index contributed by atoms with van der Waals surface area (Å²) in [6.07, 6.45) is 1.58. The molecule has 3 aliphatic rings. The number of carbonyl (C=O) groups excluding carboxylic acids is 5. The molecule has 48 heavy (non-hydrogen) atoms. The number of benzene rings is 1. The van der Waals surface area contributed by atoms with Crippen LogP contribution in [0.25, 0.3) is 0 Å². The number of aliphatic carboxylic acids is 2. The zero-order valence-corrected chi connectivity index (χ0v) is 27.8. The van der Waals surface area contributed by atoms with Crippen molar-refractivity contribution in [1.29, 1.82) is 0 Å². The molecule has 2 saturated heterocycles. The van der Waals surface area contributed by atoms with Gasteiger partial charge in [-0.05, 0) is 34.7 Å². The van der Waals surface area contributed by atoms with Crippen LogP contribution in [0.2, 0.25) is 0 Å². The molecule has 6 amide bonds. The normalized spacial score (nSPS) is 21.4. The van der Waals surface area contributed by atoms with E-state index in [0.717, 1.165) is 38.0 Å². The number of carbonyl (C=O) groups is 7. The van der Waals surface area contributed by atoms with Crippen LogP contribution in [0.15, 0.2) is 46.8 Å². The standard InChI is InChI=1S/C27H29N9O9S3/c1-3-33-9-10-34(21(41)20(33)40)25(45)28-17(14-7-5-4-6-8-14)19(39)29-27(46-2)23(44)36-18(22(42)43)15(12-47-24(27)36)13-48-26-30-31-32-35(26)11-16(37)38/h4-8,17,24H,3,9-13H2,1-2H3,(H,28,45)(H,29,39)(H,37,38)(H,42,43)/t17?,24-,27+/m1/s1. The summed E-state index contributed by atoms with van der Waals surface area (Å²) in [5.41, 5.74) is 0.431. The van der Waals surface area contributed by atoms with E-state index in [9.17, 15) is 38.7 Å². The van der Waals surface area contributed by atoms with Gasteiger partial charge in [0.2, 0.25) is 11.1 Å². The van der Waals surface area contributed by atoms with Crippen LogP contribution in [0.1, 0.15) is 18.5 Å². The van der Waals surface area contributed by atoms with E-state index < -0.39 is 64.4 Å². The molecule has 5 rings (SSSR count). The van der Waals surface area contributed by atoms with Crippen LogP contribution in [-0.2, 0) is 35.3 Å². The number of rotatable bonds is 12. The Balaban J connectivity index is 1.35. The molecule has 254 valence electrons. The number of hydrogen-bond donors (Lipinski definition) is 4. The number of aromatic nitrogens is 4. The van der Waals surface area contributed by atoms with Crippen molar-refractivity contribution < 1.29 is 43.8 Å². The fourth-order valence-electron chi connectivity index (χ4n) is 5.31. The lowest BCUT2D eigenvalue weighted by Crippen LogP contribution is -2.78. The summed E-state index contributed by atoms with van der Waals surface area (Å²) in [7, 11) is 0. The number of fused-ring (bicyclic) bond motifs is 1. The molecule has 0 aliphatic carbocycles. The molecule has 21 heteroatoms. The predicted octanol–water partition coefficient (Wildman–Crippen LogP) is -0.579. The molecule has 1 aromatic heterocycles. The zero-order valence-electron chi connectivity index (χ0n) is 25.4. The first-order valence-corrected chi connectivity index (χ1v) is 17.5. The van der Waals surface area contributed by atoms with E-state index in [4.69, 9.17) is 5.11 Å². The number of carboxylic acid groups (broad SMARTS) is 2. The summed E-state index contributed by atoms with van der Waals surface area (Å²) in [6, 6.07) is 5.77. The largest absolute Gasteiger partial charge is 0.480 e. The van der Waals surface area contributed by atoms with Crippen LogP contribution >= 0.6 is 35.3 Å². The van der Waals surface area contributed by atoms with Crippen molar-refractivity contribution in [2.75, 3.05) is 37.4 Å². The Morgan fingerprint density at radius 1 is 1.10 bits per heavy atom. The number of imide groups is 1. The van der Waals surface area contributed by atoms with Gasteiger partial charge < -0.3 is 25.7 Å². The number of tetrazole rings is 1. The fraction of sp³-hybridized carbons (Fsp3) is 0.407. The third kappa shape index (κ3) is 6.43. The Bertz CT molecular complexity index is 1710. The van der Waals surface area contributed by atoms with Crippen molar-refractivity contribution >= 4 is 76.9 Å². The van der Waals surface area contributed by atoms with E-state index in [-0.39, 0.29) is 35.4 Å². The lowest BCUT2D eigenvalue weighted by Gasteiger charge is -2.56. The quantitative estimate of drug-likeness (QED) is 0.0929. The number of nitrogens with one attached hydrogen (secondary N) is 2. The number of nitrogens with zero attached hydrogens (tertiary/aromatic N) is 7. The van der Waals surface area contributed by atoms with Crippen molar-refractivity contribution in [1.82, 2.24) is 45.5 Å². The monoisotopic (exact) mass is 719 g/mol. The average molecular weight is 720 g/mol. The molecule has 4 N–H and O–H groups in total. The number of likely N-dealkylation sites (N-methyl/N-ethyl adjacent to an activating group) is 1. The molecule has 0 saturated carbocycles. The van der Waals surface area contributed by atoms with Crippen molar-refractivity contribution in [2.24, 2.45) is 0 Å². The first-order valence-electron chi connectivity index (χ1n) is 14.3. The first-order chi connectivity index (χ1) is 22.9. The van der Waals surface area contributed by atoms with Gasteiger partial charge in [0.25, 0.3) is 5.91 Å². The number of β-lactam (4-membered cyclic amide) rings is 1. The zero-order chi connectivity index (χ0) is 34.7. The van der Waals surface area contributed by atoms with Crippen molar-refractivity contribution in [3.8, 4) is 0 Å². The van der Waals surface area contributed by atoms with Gasteiger partial charge in [0.15, 0.2) is 4.87 Å². The van der Waals surface area contributed by atoms with Crippen LogP contribution in [-0.4, -0.2) is 134 Å². The first kappa shape index (κ1) is 34.7. The highest BCUT2D eigenvalue weighted by molar-refractivity contribution is 8.05. The number of thioether (sulfide) groups is 3. The summed E-state index contributed by atoms with van der Waals surface area (Å²) in [4.78, 5) is 91.2. The molecule has 2 aromatic rings. The summed E-state index contributed by atoms with van der Waals surface area (Å²) < 4.78 is 1.05. The van der Waals surface area contributed by atoms with Gasteiger partial charge in [-0.1, -0.05) is 42.1 Å². The highest BCUT2D eigenvalue weighted by atomic mass is 32.2. The summed E-state index contributed by atoms with van der Waals surface area (Å²) in [6.45, 7) is 1.56. The molecule has 2 fully saturated rings. The molecule has 1 unspecified atom stereocenters. The molecule has 0 radical (unpaired) electrons. The Morgan fingerprint density at radius 2 is 1.83 bits per heavy atom. The van der Waals surface area contributed by atoms with Crippen molar-refractivity contribution in [3.05, 3.63) is 47.2 Å². The van der Waals surface area contributed by atoms with Gasteiger partial charge in [0.1, 0.15) is 23.7 Å². The Labute approximate surface area is 285 Å². The van der Waals surface area contributed by atoms with E-state index in [0.29, 0.717) is 17.7 Å². The van der Waals surface area contributed by atoms with Crippen LogP contribution in [0.4, 0.5) is 4.79 Å². The van der Waals surface area contributed by atoms with Crippen LogP contribution in [0.3, 0.4) is 0 Å². The minimum atomic E-state index is -1.61. The minimum absolute atomic E-state index is 0.0413. The Morgan fingerprint density at radius 3 is 2.48 bits per heavy atom. The summed E-state index contributed by atoms with van der Waals surface area (Å²) in [5, 5.41) is 34.7. The van der Waals surface area contributed by atoms with E-state index in [1.807, 2.05) is 0 Å². The van der Waals surface area contributed by atoms with Crippen LogP contribution in [0.5, 0.6) is 0 Å². The minimum Gasteiger partial charge on any atom is -0.480 e. The van der Waals surface area contributed by atoms with Gasteiger partial charge in [-0.15, -0.1) is 28.6 Å². The van der Waals surface area contributed by atoms with Gasteiger partial charge >= 0.3 is 29.8 Å². The highest BCUT2D eigenvalue weighted by Gasteiger charge is 2.65. The van der Waals surface area contributed by atoms with Gasteiger partial charge in [0, 0.05) is 31.1 Å². The fourth-order valence-corrected chi connectivity index (χ4v) is 8.94. The molecule has 3 aliphatic heterocycles. The number of hydrogen-bond acceptors (Lipinski definition) is 13. The number of amides is 6. The highest BCUT2D eigenvalue weighted by Crippen LogP contribution is 2.51. The molecular formula is C27H29N9O9S3. The third-order valence-corrected chi connectivity index (χ3v) is 11.4. The maximum absolute atomic E-state index is 13.9. The van der Waals surface area contributed by atoms with Crippen molar-refractivity contribution in [3.63, 3.8) is 0 Å². The van der Waals surface area contributed by atoms with Gasteiger partial charge in [-0.2, -0.15) is 0 Å². The van der Waals surface area contributed by atoms with E-state index in [2.05, 4.69) is 26.2 Å². The Hall–Kier alpha value is -4.63. The molecule has 3 atom stereocenters. The summed E-state index contributed by atoms with van der Waals surface area (Å²) >= 11 is 3.23. The Kier molecular flexibility index (Phi) is 10.3. The topological polar surface area (TPSA) is 237 Å². The molecule has 0 spiro atoms. The summed E-state index contributed by atoms with van der Waals surface area (Å²) in [5.74, 6) is -5.71. The number of piperazine rings is 1. The van der Waals surface area contributed by atoms with E-state index >= 15 is 0 Å². The lowest BCUT2D eigenvalue weighted by molar-refractivity contribution is -0.153. The van der Waals surface area contributed by atoms with Crippen LogP contribution < -0.4 is 10.6 Å². The average Bonchev–Trinajstić information content (AvgIpc) is 3.51. The molecular weight excluding hydrogens is 691 g/mol. The van der Waals surface area contributed by atoms with E-state index in [1.54, 1.807) is 43.5 Å². The third-order valence-electron chi connectivity index (χ3n) is 7.70. The number of urea groups is 1. The molecule has 1 aromatic carbocycles. The second-order valence-electron chi connectivity index (χ2n) is 10.5. The SMILES string of the molecule is CCN1CCN(C(=O)NC(C(=O)N[C@]2(SC)C(=O)N3C(C(=O)O)=C(CSc4nnnn4CC(=O)O)CS[C@@H]32)c2ccccc2)C(=O)C1=O.